The average Bonchev–Trinajstić information content (AvgIpc) is 2.89. The van der Waals surface area contributed by atoms with E-state index >= 15 is 0 Å². The molecule has 1 aliphatic heterocycles. The second-order valence-electron chi connectivity index (χ2n) is 4.14. The molecule has 0 spiro atoms. The average molecular weight is 293 g/mol. The molecule has 102 valence electrons. The lowest BCUT2D eigenvalue weighted by atomic mass is 10.1. The first kappa shape index (κ1) is 14.0. The monoisotopic (exact) mass is 292 g/mol. The topological polar surface area (TPSA) is 65.8 Å². The maximum absolute atomic E-state index is 9.92. The van der Waals surface area contributed by atoms with Crippen LogP contribution in [0.2, 0.25) is 0 Å². The first-order chi connectivity index (χ1) is 8.72. The Morgan fingerprint density at radius 3 is 2.83 bits per heavy atom. The molecule has 0 aromatic carbocycles. The Hall–Kier alpha value is -0.400. The predicted octanol–water partition coefficient (Wildman–Crippen LogP) is 1.00. The van der Waals surface area contributed by atoms with Crippen LogP contribution in [0.3, 0.4) is 0 Å². The zero-order valence-corrected chi connectivity index (χ0v) is 11.5. The summed E-state index contributed by atoms with van der Waals surface area (Å²) >= 11 is 7.02. The molecule has 1 saturated heterocycles. The van der Waals surface area contributed by atoms with Gasteiger partial charge in [0.25, 0.3) is 0 Å². The fourth-order valence-corrected chi connectivity index (χ4v) is 2.91. The van der Waals surface area contributed by atoms with Crippen LogP contribution in [0.4, 0.5) is 5.13 Å². The van der Waals surface area contributed by atoms with E-state index in [1.165, 1.54) is 11.3 Å². The number of aliphatic hydroxyl groups excluding tert-OH is 2. The minimum atomic E-state index is -0.963. The van der Waals surface area contributed by atoms with Crippen LogP contribution in [0.1, 0.15) is 18.2 Å². The van der Waals surface area contributed by atoms with Crippen LogP contribution in [0, 0.1) is 0 Å². The van der Waals surface area contributed by atoms with E-state index in [-0.39, 0.29) is 0 Å². The molecule has 0 aliphatic carbocycles. The molecule has 7 heteroatoms. The maximum Gasteiger partial charge on any atom is 0.185 e. The van der Waals surface area contributed by atoms with E-state index in [0.717, 1.165) is 18.2 Å². The zero-order chi connectivity index (χ0) is 13.0. The third kappa shape index (κ3) is 3.33. The lowest BCUT2D eigenvalue weighted by molar-refractivity contribution is 0.0148. The number of hydrogen-bond donors (Lipinski definition) is 2. The van der Waals surface area contributed by atoms with Gasteiger partial charge in [-0.3, -0.25) is 0 Å². The van der Waals surface area contributed by atoms with E-state index in [4.69, 9.17) is 16.3 Å². The number of ether oxygens (including phenoxy) is 1. The standard InChI is InChI=1S/C11H17ClN2O3S/c12-2-1-9(15)10(16)8-7-18-11(13-8)14-3-5-17-6-4-14/h7,9-10,15-16H,1-6H2. The van der Waals surface area contributed by atoms with Crippen LogP contribution in [0.5, 0.6) is 0 Å². The third-order valence-corrected chi connectivity index (χ3v) is 4.00. The molecular formula is C11H17ClN2O3S. The number of thiazole rings is 1. The summed E-state index contributed by atoms with van der Waals surface area (Å²) in [6, 6.07) is 0. The molecule has 2 heterocycles. The molecule has 0 amide bonds. The first-order valence-corrected chi connectivity index (χ1v) is 7.34. The van der Waals surface area contributed by atoms with E-state index in [1.807, 2.05) is 0 Å². The Balaban J connectivity index is 2.00. The van der Waals surface area contributed by atoms with Crippen molar-refractivity contribution in [3.8, 4) is 0 Å². The van der Waals surface area contributed by atoms with E-state index in [1.54, 1.807) is 5.38 Å². The van der Waals surface area contributed by atoms with E-state index in [9.17, 15) is 10.2 Å². The predicted molar refractivity (Wildman–Crippen MR) is 71.4 cm³/mol. The van der Waals surface area contributed by atoms with Gasteiger partial charge in [-0.2, -0.15) is 0 Å². The van der Waals surface area contributed by atoms with Gasteiger partial charge in [-0.1, -0.05) is 0 Å². The fourth-order valence-electron chi connectivity index (χ4n) is 1.78. The van der Waals surface area contributed by atoms with E-state index in [2.05, 4.69) is 9.88 Å². The van der Waals surface area contributed by atoms with Gasteiger partial charge in [0.05, 0.1) is 25.0 Å². The number of morpholine rings is 1. The van der Waals surface area contributed by atoms with Crippen LogP contribution in [-0.2, 0) is 4.74 Å². The number of aromatic nitrogens is 1. The van der Waals surface area contributed by atoms with Gasteiger partial charge in [-0.25, -0.2) is 4.98 Å². The number of aliphatic hydroxyl groups is 2. The summed E-state index contributed by atoms with van der Waals surface area (Å²) in [7, 11) is 0. The van der Waals surface area contributed by atoms with Gasteiger partial charge < -0.3 is 19.8 Å². The molecule has 0 bridgehead atoms. The molecule has 1 aromatic heterocycles. The Morgan fingerprint density at radius 1 is 1.44 bits per heavy atom. The summed E-state index contributed by atoms with van der Waals surface area (Å²) in [4.78, 5) is 6.50. The SMILES string of the molecule is OC(CCCl)C(O)c1csc(N2CCOCC2)n1. The number of hydrogen-bond acceptors (Lipinski definition) is 6. The molecule has 1 fully saturated rings. The van der Waals surface area contributed by atoms with Gasteiger partial charge in [0.1, 0.15) is 6.10 Å². The number of rotatable bonds is 5. The molecule has 1 aromatic rings. The van der Waals surface area contributed by atoms with Gasteiger partial charge in [0, 0.05) is 24.3 Å². The Kier molecular flexibility index (Phi) is 5.20. The van der Waals surface area contributed by atoms with Crippen molar-refractivity contribution in [2.24, 2.45) is 0 Å². The minimum absolute atomic E-state index is 0.318. The van der Waals surface area contributed by atoms with Gasteiger partial charge in [0.2, 0.25) is 0 Å². The fraction of sp³-hybridized carbons (Fsp3) is 0.727. The Bertz CT molecular complexity index is 371. The first-order valence-electron chi connectivity index (χ1n) is 5.92. The lowest BCUT2D eigenvalue weighted by Crippen LogP contribution is -2.36. The van der Waals surface area contributed by atoms with Crippen molar-refractivity contribution in [2.75, 3.05) is 37.1 Å². The number of nitrogens with zero attached hydrogens (tertiary/aromatic N) is 2. The third-order valence-electron chi connectivity index (χ3n) is 2.86. The van der Waals surface area contributed by atoms with E-state index < -0.39 is 12.2 Å². The highest BCUT2D eigenvalue weighted by Gasteiger charge is 2.22. The van der Waals surface area contributed by atoms with Gasteiger partial charge in [-0.05, 0) is 6.42 Å². The largest absolute Gasteiger partial charge is 0.390 e. The second kappa shape index (κ2) is 6.68. The van der Waals surface area contributed by atoms with Crippen molar-refractivity contribution in [1.82, 2.24) is 4.98 Å². The molecule has 1 aliphatic rings. The van der Waals surface area contributed by atoms with Crippen molar-refractivity contribution < 1.29 is 14.9 Å². The molecule has 2 rings (SSSR count). The van der Waals surface area contributed by atoms with Gasteiger partial charge in [-0.15, -0.1) is 22.9 Å². The highest BCUT2D eigenvalue weighted by Crippen LogP contribution is 2.27. The zero-order valence-electron chi connectivity index (χ0n) is 9.96. The number of alkyl halides is 1. The molecule has 0 radical (unpaired) electrons. The Labute approximate surface area is 115 Å². The van der Waals surface area contributed by atoms with Crippen LogP contribution in [0.25, 0.3) is 0 Å². The molecule has 5 nitrogen and oxygen atoms in total. The van der Waals surface area contributed by atoms with Crippen molar-refractivity contribution in [1.29, 1.82) is 0 Å². The molecular weight excluding hydrogens is 276 g/mol. The van der Waals surface area contributed by atoms with Crippen LogP contribution < -0.4 is 4.90 Å². The normalized spacial score (nSPS) is 19.8. The summed E-state index contributed by atoms with van der Waals surface area (Å²) in [5.41, 5.74) is 0.513. The summed E-state index contributed by atoms with van der Waals surface area (Å²) in [6.45, 7) is 3.03. The van der Waals surface area contributed by atoms with Gasteiger partial charge >= 0.3 is 0 Å². The van der Waals surface area contributed by atoms with Crippen LogP contribution >= 0.6 is 22.9 Å². The van der Waals surface area contributed by atoms with Crippen molar-refractivity contribution >= 4 is 28.1 Å². The minimum Gasteiger partial charge on any atom is -0.390 e. The summed E-state index contributed by atoms with van der Waals surface area (Å²) in [6.07, 6.45) is -1.47. The molecule has 2 N–H and O–H groups in total. The summed E-state index contributed by atoms with van der Waals surface area (Å²) in [5, 5.41) is 22.3. The van der Waals surface area contributed by atoms with Crippen molar-refractivity contribution in [3.63, 3.8) is 0 Å². The smallest absolute Gasteiger partial charge is 0.185 e. The molecule has 2 unspecified atom stereocenters. The molecule has 0 saturated carbocycles. The molecule has 2 atom stereocenters. The van der Waals surface area contributed by atoms with Crippen LogP contribution in [0.15, 0.2) is 5.38 Å². The number of anilines is 1. The highest BCUT2D eigenvalue weighted by molar-refractivity contribution is 7.13. The highest BCUT2D eigenvalue weighted by atomic mass is 35.5. The maximum atomic E-state index is 9.92. The summed E-state index contributed by atoms with van der Waals surface area (Å²) < 4.78 is 5.28. The Morgan fingerprint density at radius 2 is 2.17 bits per heavy atom. The van der Waals surface area contributed by atoms with Gasteiger partial charge in [0.15, 0.2) is 5.13 Å². The quantitative estimate of drug-likeness (QED) is 0.793. The van der Waals surface area contributed by atoms with Crippen molar-refractivity contribution in [2.45, 2.75) is 18.6 Å². The van der Waals surface area contributed by atoms with Crippen LogP contribution in [-0.4, -0.2) is 53.5 Å². The molecule has 18 heavy (non-hydrogen) atoms. The van der Waals surface area contributed by atoms with Crippen molar-refractivity contribution in [3.05, 3.63) is 11.1 Å². The van der Waals surface area contributed by atoms with E-state index in [0.29, 0.717) is 31.2 Å². The lowest BCUT2D eigenvalue weighted by Gasteiger charge is -2.26. The number of halogens is 1. The second-order valence-corrected chi connectivity index (χ2v) is 5.36. The summed E-state index contributed by atoms with van der Waals surface area (Å²) in [5.74, 6) is 0.318.